The summed E-state index contributed by atoms with van der Waals surface area (Å²) in [4.78, 5) is 23.4. The molecule has 4 N–H and O–H groups in total. The summed E-state index contributed by atoms with van der Waals surface area (Å²) >= 11 is 3.39. The van der Waals surface area contributed by atoms with E-state index >= 15 is 0 Å². The molecule has 2 rings (SSSR count). The Hall–Kier alpha value is -2.38. The fourth-order valence-corrected chi connectivity index (χ4v) is 2.59. The van der Waals surface area contributed by atoms with Crippen LogP contribution in [0.1, 0.15) is 15.9 Å². The van der Waals surface area contributed by atoms with Gasteiger partial charge in [-0.3, -0.25) is 15.0 Å². The summed E-state index contributed by atoms with van der Waals surface area (Å²) in [6.07, 6.45) is 0.230. The van der Waals surface area contributed by atoms with Gasteiger partial charge in [0.25, 0.3) is 5.91 Å². The van der Waals surface area contributed by atoms with Crippen molar-refractivity contribution in [1.29, 1.82) is 0 Å². The molecule has 0 saturated carbocycles. The predicted octanol–water partition coefficient (Wildman–Crippen LogP) is 2.24. The van der Waals surface area contributed by atoms with Crippen LogP contribution in [0.25, 0.3) is 0 Å². The third-order valence-electron chi connectivity index (χ3n) is 3.14. The van der Waals surface area contributed by atoms with Gasteiger partial charge in [-0.15, -0.1) is 0 Å². The average molecular weight is 378 g/mol. The molecule has 0 aliphatic heterocycles. The Bertz CT molecular complexity index is 717. The van der Waals surface area contributed by atoms with Gasteiger partial charge in [-0.2, -0.15) is 0 Å². The number of nitrogens with one attached hydrogen (secondary N) is 2. The molecule has 0 aliphatic rings. The Balaban J connectivity index is 1.99. The lowest BCUT2D eigenvalue weighted by atomic mass is 10.1. The first kappa shape index (κ1) is 17.0. The molecule has 6 nitrogen and oxygen atoms in total. The molecular formula is C16H16BrN3O3. The minimum absolute atomic E-state index is 0.155. The van der Waals surface area contributed by atoms with E-state index < -0.39 is 0 Å². The second kappa shape index (κ2) is 7.75. The molecule has 0 heterocycles. The van der Waals surface area contributed by atoms with Crippen LogP contribution in [0.5, 0.6) is 5.75 Å². The number of ether oxygens (including phenoxy) is 1. The Morgan fingerprint density at radius 1 is 1.17 bits per heavy atom. The van der Waals surface area contributed by atoms with Gasteiger partial charge >= 0.3 is 0 Å². The average Bonchev–Trinajstić information content (AvgIpc) is 2.55. The molecule has 23 heavy (non-hydrogen) atoms. The van der Waals surface area contributed by atoms with E-state index in [1.165, 1.54) is 0 Å². The number of nitrogens with two attached hydrogens (primary N) is 1. The minimum atomic E-state index is -0.383. The first-order valence-electron chi connectivity index (χ1n) is 6.76. The highest BCUT2D eigenvalue weighted by atomic mass is 79.9. The molecule has 0 bridgehead atoms. The van der Waals surface area contributed by atoms with Crippen molar-refractivity contribution in [2.24, 2.45) is 5.84 Å². The van der Waals surface area contributed by atoms with Gasteiger partial charge in [-0.1, -0.05) is 6.07 Å². The molecule has 0 spiro atoms. The molecule has 0 aliphatic carbocycles. The topological polar surface area (TPSA) is 93.4 Å². The van der Waals surface area contributed by atoms with Crippen LogP contribution in [0, 0.1) is 0 Å². The maximum Gasteiger partial charge on any atom is 0.265 e. The lowest BCUT2D eigenvalue weighted by Gasteiger charge is -2.08. The first-order valence-corrected chi connectivity index (χ1v) is 7.56. The number of hydrazine groups is 1. The van der Waals surface area contributed by atoms with E-state index in [4.69, 9.17) is 10.6 Å². The van der Waals surface area contributed by atoms with Crippen LogP contribution in [0.4, 0.5) is 5.69 Å². The third-order valence-corrected chi connectivity index (χ3v) is 3.76. The van der Waals surface area contributed by atoms with Gasteiger partial charge in [0, 0.05) is 11.3 Å². The number of amides is 2. The molecule has 0 aromatic heterocycles. The van der Waals surface area contributed by atoms with Gasteiger partial charge in [-0.05, 0) is 57.9 Å². The highest BCUT2D eigenvalue weighted by molar-refractivity contribution is 9.10. The standard InChI is InChI=1S/C16H16BrN3O3/c1-23-14-7-2-10(8-13(14)17)9-15(21)19-12-5-3-11(4-6-12)16(22)20-18/h2-8H,9,18H2,1H3,(H,19,21)(H,20,22). The van der Waals surface area contributed by atoms with Gasteiger partial charge in [0.2, 0.25) is 5.91 Å². The Kier molecular flexibility index (Phi) is 5.72. The molecule has 2 aromatic rings. The van der Waals surface area contributed by atoms with Crippen LogP contribution in [0.15, 0.2) is 46.9 Å². The monoisotopic (exact) mass is 377 g/mol. The summed E-state index contributed by atoms with van der Waals surface area (Å²) in [5.74, 6) is 5.23. The van der Waals surface area contributed by atoms with Crippen LogP contribution in [-0.2, 0) is 11.2 Å². The Labute approximate surface area is 142 Å². The Morgan fingerprint density at radius 3 is 2.43 bits per heavy atom. The van der Waals surface area contributed by atoms with Crippen molar-refractivity contribution < 1.29 is 14.3 Å². The zero-order valence-corrected chi connectivity index (χ0v) is 14.0. The van der Waals surface area contributed by atoms with Crippen molar-refractivity contribution in [3.63, 3.8) is 0 Å². The molecule has 0 fully saturated rings. The number of halogens is 1. The van der Waals surface area contributed by atoms with Crippen LogP contribution in [-0.4, -0.2) is 18.9 Å². The van der Waals surface area contributed by atoms with E-state index in [2.05, 4.69) is 21.2 Å². The number of anilines is 1. The van der Waals surface area contributed by atoms with Crippen LogP contribution < -0.4 is 21.3 Å². The van der Waals surface area contributed by atoms with E-state index in [-0.39, 0.29) is 18.2 Å². The maximum atomic E-state index is 12.1. The summed E-state index contributed by atoms with van der Waals surface area (Å²) in [5.41, 5.74) is 3.93. The molecule has 2 amide bonds. The number of benzene rings is 2. The van der Waals surface area contributed by atoms with E-state index in [1.54, 1.807) is 37.4 Å². The lowest BCUT2D eigenvalue weighted by molar-refractivity contribution is -0.115. The summed E-state index contributed by atoms with van der Waals surface area (Å²) in [7, 11) is 1.58. The van der Waals surface area contributed by atoms with Crippen molar-refractivity contribution in [1.82, 2.24) is 5.43 Å². The number of carbonyl (C=O) groups is 2. The molecule has 120 valence electrons. The summed E-state index contributed by atoms with van der Waals surface area (Å²) in [5, 5.41) is 2.77. The SMILES string of the molecule is COc1ccc(CC(=O)Nc2ccc(C(=O)NN)cc2)cc1Br. The minimum Gasteiger partial charge on any atom is -0.496 e. The zero-order valence-electron chi connectivity index (χ0n) is 12.4. The van der Waals surface area contributed by atoms with Gasteiger partial charge in [-0.25, -0.2) is 5.84 Å². The quantitative estimate of drug-likeness (QED) is 0.423. The third kappa shape index (κ3) is 4.54. The first-order chi connectivity index (χ1) is 11.0. The number of nitrogen functional groups attached to an aromatic ring is 1. The van der Waals surface area contributed by atoms with Crippen LogP contribution >= 0.6 is 15.9 Å². The molecule has 7 heteroatoms. The molecular weight excluding hydrogens is 362 g/mol. The fraction of sp³-hybridized carbons (Fsp3) is 0.125. The van der Waals surface area contributed by atoms with Gasteiger partial charge in [0.05, 0.1) is 18.0 Å². The van der Waals surface area contributed by atoms with Crippen molar-refractivity contribution in [2.75, 3.05) is 12.4 Å². The van der Waals surface area contributed by atoms with E-state index in [0.717, 1.165) is 10.0 Å². The smallest absolute Gasteiger partial charge is 0.265 e. The number of hydrogen-bond acceptors (Lipinski definition) is 4. The molecule has 0 unspecified atom stereocenters. The number of rotatable bonds is 5. The number of carbonyl (C=O) groups excluding carboxylic acids is 2. The van der Waals surface area contributed by atoms with Crippen molar-refractivity contribution in [3.8, 4) is 5.75 Å². The van der Waals surface area contributed by atoms with Crippen molar-refractivity contribution in [3.05, 3.63) is 58.1 Å². The van der Waals surface area contributed by atoms with E-state index in [9.17, 15) is 9.59 Å². The fourth-order valence-electron chi connectivity index (χ4n) is 2.00. The highest BCUT2D eigenvalue weighted by Gasteiger charge is 2.08. The second-order valence-electron chi connectivity index (χ2n) is 4.74. The predicted molar refractivity (Wildman–Crippen MR) is 91.1 cm³/mol. The normalized spacial score (nSPS) is 10.0. The van der Waals surface area contributed by atoms with Crippen LogP contribution in [0.3, 0.4) is 0 Å². The van der Waals surface area contributed by atoms with Gasteiger partial charge < -0.3 is 10.1 Å². The summed E-state index contributed by atoms with van der Waals surface area (Å²) in [6, 6.07) is 11.9. The van der Waals surface area contributed by atoms with Crippen molar-refractivity contribution in [2.45, 2.75) is 6.42 Å². The highest BCUT2D eigenvalue weighted by Crippen LogP contribution is 2.25. The van der Waals surface area contributed by atoms with E-state index in [1.807, 2.05) is 17.6 Å². The molecule has 0 radical (unpaired) electrons. The second-order valence-corrected chi connectivity index (χ2v) is 5.60. The molecule has 0 atom stereocenters. The summed E-state index contributed by atoms with van der Waals surface area (Å²) in [6.45, 7) is 0. The number of hydrogen-bond donors (Lipinski definition) is 3. The van der Waals surface area contributed by atoms with E-state index in [0.29, 0.717) is 17.0 Å². The summed E-state index contributed by atoms with van der Waals surface area (Å²) < 4.78 is 5.95. The van der Waals surface area contributed by atoms with Crippen molar-refractivity contribution >= 4 is 33.4 Å². The molecule has 2 aromatic carbocycles. The maximum absolute atomic E-state index is 12.1. The van der Waals surface area contributed by atoms with Gasteiger partial charge in [0.15, 0.2) is 0 Å². The zero-order chi connectivity index (χ0) is 16.8. The largest absolute Gasteiger partial charge is 0.496 e. The molecule has 0 saturated heterocycles. The lowest BCUT2D eigenvalue weighted by Crippen LogP contribution is -2.29. The Morgan fingerprint density at radius 2 is 1.87 bits per heavy atom. The number of methoxy groups -OCH3 is 1. The van der Waals surface area contributed by atoms with Crippen LogP contribution in [0.2, 0.25) is 0 Å². The van der Waals surface area contributed by atoms with Gasteiger partial charge in [0.1, 0.15) is 5.75 Å².